The Morgan fingerprint density at radius 2 is 2.21 bits per heavy atom. The van der Waals surface area contributed by atoms with Gasteiger partial charge in [0.2, 0.25) is 5.91 Å². The fourth-order valence-corrected chi connectivity index (χ4v) is 2.55. The van der Waals surface area contributed by atoms with Crippen molar-refractivity contribution in [2.45, 2.75) is 63.3 Å². The minimum atomic E-state index is -1.24. The van der Waals surface area contributed by atoms with Crippen molar-refractivity contribution in [3.63, 3.8) is 0 Å². The molecule has 6 heteroatoms. The summed E-state index contributed by atoms with van der Waals surface area (Å²) in [5.74, 6) is -0.698. The zero-order valence-electron chi connectivity index (χ0n) is 11.5. The third-order valence-corrected chi connectivity index (χ3v) is 3.74. The molecule has 2 unspecified atom stereocenters. The molecule has 1 aliphatic carbocycles. The molecule has 108 valence electrons. The van der Waals surface area contributed by atoms with E-state index in [2.05, 4.69) is 10.6 Å². The number of carbonyl (C=O) groups is 2. The third kappa shape index (κ3) is 3.67. The first-order valence-electron chi connectivity index (χ1n) is 6.84. The van der Waals surface area contributed by atoms with E-state index in [-0.39, 0.29) is 23.4 Å². The Labute approximate surface area is 113 Å². The van der Waals surface area contributed by atoms with Crippen LogP contribution in [0.2, 0.25) is 0 Å². The van der Waals surface area contributed by atoms with E-state index in [1.165, 1.54) is 0 Å². The van der Waals surface area contributed by atoms with Crippen molar-refractivity contribution in [3.8, 4) is 0 Å². The third-order valence-electron chi connectivity index (χ3n) is 3.74. The molecule has 2 fully saturated rings. The number of nitrogens with two attached hydrogens (primary N) is 1. The summed E-state index contributed by atoms with van der Waals surface area (Å²) >= 11 is 0. The maximum Gasteiger partial charge on any atom is 0.250 e. The highest BCUT2D eigenvalue weighted by atomic mass is 16.3. The molecule has 5 N–H and O–H groups in total. The van der Waals surface area contributed by atoms with Gasteiger partial charge in [-0.2, -0.15) is 0 Å². The van der Waals surface area contributed by atoms with Crippen LogP contribution >= 0.6 is 0 Å². The van der Waals surface area contributed by atoms with Crippen LogP contribution < -0.4 is 16.4 Å². The minimum absolute atomic E-state index is 0.0461. The second kappa shape index (κ2) is 5.09. The average molecular weight is 269 g/mol. The zero-order chi connectivity index (χ0) is 14.2. The topological polar surface area (TPSA) is 104 Å². The largest absolute Gasteiger partial charge is 0.382 e. The van der Waals surface area contributed by atoms with Crippen LogP contribution in [-0.4, -0.2) is 40.6 Å². The first-order valence-corrected chi connectivity index (χ1v) is 6.84. The van der Waals surface area contributed by atoms with Crippen LogP contribution in [0.25, 0.3) is 0 Å². The Morgan fingerprint density at radius 3 is 2.68 bits per heavy atom. The van der Waals surface area contributed by atoms with Gasteiger partial charge in [0.1, 0.15) is 6.10 Å². The van der Waals surface area contributed by atoms with E-state index in [4.69, 9.17) is 5.73 Å². The van der Waals surface area contributed by atoms with Gasteiger partial charge in [-0.25, -0.2) is 0 Å². The molecule has 0 spiro atoms. The van der Waals surface area contributed by atoms with E-state index < -0.39 is 18.1 Å². The van der Waals surface area contributed by atoms with Crippen molar-refractivity contribution >= 4 is 11.8 Å². The highest BCUT2D eigenvalue weighted by Crippen LogP contribution is 2.28. The lowest BCUT2D eigenvalue weighted by atomic mass is 9.90. The van der Waals surface area contributed by atoms with Crippen molar-refractivity contribution in [2.75, 3.05) is 0 Å². The number of rotatable bonds is 5. The first-order chi connectivity index (χ1) is 8.78. The second-order valence-electron chi connectivity index (χ2n) is 6.40. The van der Waals surface area contributed by atoms with Crippen LogP contribution in [0.5, 0.6) is 0 Å². The van der Waals surface area contributed by atoms with Gasteiger partial charge in [0, 0.05) is 23.5 Å². The van der Waals surface area contributed by atoms with Gasteiger partial charge < -0.3 is 21.5 Å². The maximum absolute atomic E-state index is 11.8. The van der Waals surface area contributed by atoms with Gasteiger partial charge in [-0.05, 0) is 39.5 Å². The fourth-order valence-electron chi connectivity index (χ4n) is 2.55. The standard InChI is InChI=1S/C13H23N3O3/c1-13(2)6-7(11(18)16-13)5-9(14)10(17)12(19)15-8-3-4-8/h7-10,17H,3-6,14H2,1-2H3,(H,15,19)(H,16,18)/t7-,9?,10?/m1/s1. The maximum atomic E-state index is 11.8. The first kappa shape index (κ1) is 14.3. The number of aliphatic hydroxyl groups excluding tert-OH is 1. The lowest BCUT2D eigenvalue weighted by Crippen LogP contribution is -2.48. The van der Waals surface area contributed by atoms with Crippen molar-refractivity contribution in [3.05, 3.63) is 0 Å². The average Bonchev–Trinajstić information content (AvgIpc) is 3.05. The number of amides is 2. The predicted molar refractivity (Wildman–Crippen MR) is 70.1 cm³/mol. The molecule has 0 radical (unpaired) electrons. The van der Waals surface area contributed by atoms with Crippen LogP contribution in [0.3, 0.4) is 0 Å². The predicted octanol–water partition coefficient (Wildman–Crippen LogP) is -0.742. The fraction of sp³-hybridized carbons (Fsp3) is 0.846. The molecule has 2 rings (SSSR count). The summed E-state index contributed by atoms with van der Waals surface area (Å²) in [4.78, 5) is 23.4. The van der Waals surface area contributed by atoms with Gasteiger partial charge in [0.15, 0.2) is 0 Å². The van der Waals surface area contributed by atoms with Gasteiger partial charge >= 0.3 is 0 Å². The van der Waals surface area contributed by atoms with Crippen molar-refractivity contribution in [1.29, 1.82) is 0 Å². The number of hydrogen-bond acceptors (Lipinski definition) is 4. The van der Waals surface area contributed by atoms with Crippen LogP contribution in [-0.2, 0) is 9.59 Å². The molecular weight excluding hydrogens is 246 g/mol. The zero-order valence-corrected chi connectivity index (χ0v) is 11.5. The smallest absolute Gasteiger partial charge is 0.250 e. The van der Waals surface area contributed by atoms with Gasteiger partial charge in [-0.3, -0.25) is 9.59 Å². The van der Waals surface area contributed by atoms with Crippen LogP contribution in [0.15, 0.2) is 0 Å². The molecule has 0 aromatic carbocycles. The number of hydrogen-bond donors (Lipinski definition) is 4. The Bertz CT molecular complexity index is 379. The van der Waals surface area contributed by atoms with E-state index in [1.807, 2.05) is 13.8 Å². The van der Waals surface area contributed by atoms with Gasteiger partial charge in [0.05, 0.1) is 0 Å². The number of aliphatic hydroxyl groups is 1. The Kier molecular flexibility index (Phi) is 3.82. The van der Waals surface area contributed by atoms with E-state index in [0.29, 0.717) is 12.8 Å². The van der Waals surface area contributed by atoms with Gasteiger partial charge in [-0.1, -0.05) is 0 Å². The molecule has 0 bridgehead atoms. The van der Waals surface area contributed by atoms with Crippen LogP contribution in [0, 0.1) is 5.92 Å². The van der Waals surface area contributed by atoms with E-state index in [0.717, 1.165) is 12.8 Å². The SMILES string of the molecule is CC1(C)C[C@@H](CC(N)C(O)C(=O)NC2CC2)C(=O)N1. The minimum Gasteiger partial charge on any atom is -0.382 e. The summed E-state index contributed by atoms with van der Waals surface area (Å²) in [7, 11) is 0. The number of nitrogens with one attached hydrogen (secondary N) is 2. The summed E-state index contributed by atoms with van der Waals surface area (Å²) in [5, 5.41) is 15.5. The molecule has 1 aliphatic heterocycles. The lowest BCUT2D eigenvalue weighted by molar-refractivity contribution is -0.131. The summed E-state index contributed by atoms with van der Waals surface area (Å²) in [6.07, 6.45) is 1.70. The van der Waals surface area contributed by atoms with Crippen molar-refractivity contribution < 1.29 is 14.7 Å². The molecule has 3 atom stereocenters. The summed E-state index contributed by atoms with van der Waals surface area (Å²) in [5.41, 5.74) is 5.62. The molecule has 19 heavy (non-hydrogen) atoms. The molecule has 0 aromatic rings. The highest BCUT2D eigenvalue weighted by molar-refractivity contribution is 5.83. The summed E-state index contributed by atoms with van der Waals surface area (Å²) < 4.78 is 0. The van der Waals surface area contributed by atoms with E-state index in [9.17, 15) is 14.7 Å². The summed E-state index contributed by atoms with van der Waals surface area (Å²) in [6, 6.07) is -0.508. The number of carbonyl (C=O) groups excluding carboxylic acids is 2. The molecule has 0 aromatic heterocycles. The quantitative estimate of drug-likeness (QED) is 0.527. The molecule has 1 saturated heterocycles. The molecule has 2 aliphatic rings. The van der Waals surface area contributed by atoms with Gasteiger partial charge in [0.25, 0.3) is 5.91 Å². The molecule has 1 heterocycles. The summed E-state index contributed by atoms with van der Waals surface area (Å²) in [6.45, 7) is 3.90. The van der Waals surface area contributed by atoms with Gasteiger partial charge in [-0.15, -0.1) is 0 Å². The molecule has 6 nitrogen and oxygen atoms in total. The monoisotopic (exact) mass is 269 g/mol. The van der Waals surface area contributed by atoms with Crippen LogP contribution in [0.1, 0.15) is 39.5 Å². The molecule has 1 saturated carbocycles. The lowest BCUT2D eigenvalue weighted by Gasteiger charge is -2.21. The normalized spacial score (nSPS) is 28.6. The second-order valence-corrected chi connectivity index (χ2v) is 6.40. The molecule has 2 amide bonds. The Morgan fingerprint density at radius 1 is 1.58 bits per heavy atom. The highest BCUT2D eigenvalue weighted by Gasteiger charge is 2.39. The van der Waals surface area contributed by atoms with E-state index >= 15 is 0 Å². The van der Waals surface area contributed by atoms with Crippen LogP contribution in [0.4, 0.5) is 0 Å². The molecular formula is C13H23N3O3. The van der Waals surface area contributed by atoms with Crippen molar-refractivity contribution in [2.24, 2.45) is 11.7 Å². The Balaban J connectivity index is 1.84. The van der Waals surface area contributed by atoms with E-state index in [1.54, 1.807) is 0 Å². The Hall–Kier alpha value is -1.14. The van der Waals surface area contributed by atoms with Crippen molar-refractivity contribution in [1.82, 2.24) is 10.6 Å².